The van der Waals surface area contributed by atoms with E-state index in [2.05, 4.69) is 20.9 Å². The molecule has 7 nitrogen and oxygen atoms in total. The highest BCUT2D eigenvalue weighted by Crippen LogP contribution is 2.34. The number of hydrogen-bond donors (Lipinski definition) is 3. The average molecular weight is 465 g/mol. The molecule has 2 aromatic rings. The van der Waals surface area contributed by atoms with E-state index in [0.29, 0.717) is 18.4 Å². The maximum Gasteiger partial charge on any atom is 0.225 e. The Labute approximate surface area is 201 Å². The molecule has 0 radical (unpaired) electrons. The highest BCUT2D eigenvalue weighted by atomic mass is 16.4. The minimum atomic E-state index is -0.00309. The van der Waals surface area contributed by atoms with Crippen LogP contribution in [0.5, 0.6) is 0 Å². The highest BCUT2D eigenvalue weighted by Gasteiger charge is 2.37. The third-order valence-corrected chi connectivity index (χ3v) is 7.75. The zero-order valence-corrected chi connectivity index (χ0v) is 19.8. The van der Waals surface area contributed by atoms with Crippen LogP contribution in [-0.2, 0) is 9.59 Å². The van der Waals surface area contributed by atoms with E-state index in [-0.39, 0.29) is 29.9 Å². The Morgan fingerprint density at radius 2 is 1.85 bits per heavy atom. The number of benzene rings is 1. The standard InChI is InChI=1S/C27H36N4O3/c32-25(12-6-11-24-30-22-10-5-4-9-21(22)26(33)31-24)29-20-15-13-19(14-16-20)27-28-17-23(34-27)18-7-2-1-3-8-18/h1-3,7-8,17,19-22,24,30H,4-6,9-16H2,(H,29,32)(H,31,33). The summed E-state index contributed by atoms with van der Waals surface area (Å²) < 4.78 is 6.04. The Hall–Kier alpha value is -2.67. The Morgan fingerprint density at radius 1 is 1.06 bits per heavy atom. The van der Waals surface area contributed by atoms with E-state index in [1.54, 1.807) is 0 Å². The summed E-state index contributed by atoms with van der Waals surface area (Å²) in [6.45, 7) is 0. The SMILES string of the molecule is O=C(CCCC1NC(=O)C2CCCCC2N1)NC1CCC(c2ncc(-c3ccccc3)o2)CC1. The zero-order chi connectivity index (χ0) is 23.3. The number of aromatic nitrogens is 1. The second-order valence-electron chi connectivity index (χ2n) is 10.2. The molecule has 3 aliphatic rings. The molecular weight excluding hydrogens is 428 g/mol. The Bertz CT molecular complexity index is 967. The average Bonchev–Trinajstić information content (AvgIpc) is 3.36. The monoisotopic (exact) mass is 464 g/mol. The Morgan fingerprint density at radius 3 is 2.68 bits per heavy atom. The lowest BCUT2D eigenvalue weighted by atomic mass is 9.82. The lowest BCUT2D eigenvalue weighted by molar-refractivity contribution is -0.130. The topological polar surface area (TPSA) is 96.3 Å². The maximum atomic E-state index is 12.5. The number of fused-ring (bicyclic) bond motifs is 1. The molecule has 1 saturated heterocycles. The normalized spacial score (nSPS) is 29.2. The van der Waals surface area contributed by atoms with Crippen molar-refractivity contribution < 1.29 is 14.0 Å². The van der Waals surface area contributed by atoms with Gasteiger partial charge >= 0.3 is 0 Å². The summed E-state index contributed by atoms with van der Waals surface area (Å²) >= 11 is 0. The first kappa shape index (κ1) is 23.1. The lowest BCUT2D eigenvalue weighted by Gasteiger charge is -2.40. The molecule has 1 aliphatic heterocycles. The van der Waals surface area contributed by atoms with Gasteiger partial charge in [-0.1, -0.05) is 43.2 Å². The summed E-state index contributed by atoms with van der Waals surface area (Å²) in [4.78, 5) is 29.4. The van der Waals surface area contributed by atoms with Crippen LogP contribution in [0.25, 0.3) is 11.3 Å². The number of hydrogen-bond acceptors (Lipinski definition) is 5. The van der Waals surface area contributed by atoms with Crippen molar-refractivity contribution in [3.8, 4) is 11.3 Å². The number of nitrogens with zero attached hydrogens (tertiary/aromatic N) is 1. The van der Waals surface area contributed by atoms with E-state index >= 15 is 0 Å². The summed E-state index contributed by atoms with van der Waals surface area (Å²) in [6, 6.07) is 10.6. The smallest absolute Gasteiger partial charge is 0.225 e. The van der Waals surface area contributed by atoms with Crippen LogP contribution in [0.2, 0.25) is 0 Å². The molecule has 3 fully saturated rings. The van der Waals surface area contributed by atoms with Crippen LogP contribution in [0, 0.1) is 5.92 Å². The van der Waals surface area contributed by atoms with Crippen molar-refractivity contribution >= 4 is 11.8 Å². The molecule has 3 unspecified atom stereocenters. The van der Waals surface area contributed by atoms with Gasteiger partial charge in [0.25, 0.3) is 0 Å². The molecular formula is C27H36N4O3. The third kappa shape index (κ3) is 5.52. The molecule has 1 aromatic heterocycles. The first-order valence-corrected chi connectivity index (χ1v) is 13.0. The van der Waals surface area contributed by atoms with Crippen molar-refractivity contribution in [2.75, 3.05) is 0 Å². The quantitative estimate of drug-likeness (QED) is 0.569. The van der Waals surface area contributed by atoms with Gasteiger partial charge in [-0.15, -0.1) is 0 Å². The van der Waals surface area contributed by atoms with Crippen LogP contribution in [0.15, 0.2) is 40.9 Å². The molecule has 0 spiro atoms. The summed E-state index contributed by atoms with van der Waals surface area (Å²) in [7, 11) is 0. The number of oxazole rings is 1. The molecule has 3 atom stereocenters. The molecule has 1 aromatic carbocycles. The molecule has 34 heavy (non-hydrogen) atoms. The minimum Gasteiger partial charge on any atom is -0.440 e. The van der Waals surface area contributed by atoms with Crippen molar-refractivity contribution in [2.45, 2.75) is 94.8 Å². The fourth-order valence-corrected chi connectivity index (χ4v) is 5.84. The van der Waals surface area contributed by atoms with Gasteiger partial charge in [0.2, 0.25) is 11.8 Å². The molecule has 3 N–H and O–H groups in total. The van der Waals surface area contributed by atoms with Crippen LogP contribution >= 0.6 is 0 Å². The van der Waals surface area contributed by atoms with Crippen molar-refractivity contribution in [3.05, 3.63) is 42.4 Å². The van der Waals surface area contributed by atoms with Gasteiger partial charge in [0, 0.05) is 30.0 Å². The van der Waals surface area contributed by atoms with Gasteiger partial charge in [-0.05, 0) is 51.4 Å². The van der Waals surface area contributed by atoms with E-state index in [9.17, 15) is 9.59 Å². The van der Waals surface area contributed by atoms with Gasteiger partial charge in [0.1, 0.15) is 0 Å². The second-order valence-corrected chi connectivity index (χ2v) is 10.2. The van der Waals surface area contributed by atoms with Crippen molar-refractivity contribution in [1.82, 2.24) is 20.9 Å². The first-order chi connectivity index (χ1) is 16.7. The van der Waals surface area contributed by atoms with Crippen LogP contribution in [0.1, 0.15) is 82.4 Å². The molecule has 2 saturated carbocycles. The van der Waals surface area contributed by atoms with Crippen molar-refractivity contribution in [2.24, 2.45) is 5.92 Å². The highest BCUT2D eigenvalue weighted by molar-refractivity contribution is 5.80. The van der Waals surface area contributed by atoms with Gasteiger partial charge in [-0.3, -0.25) is 14.9 Å². The van der Waals surface area contributed by atoms with Crippen molar-refractivity contribution in [1.29, 1.82) is 0 Å². The van der Waals surface area contributed by atoms with E-state index in [4.69, 9.17) is 4.42 Å². The lowest BCUT2D eigenvalue weighted by Crippen LogP contribution is -2.62. The van der Waals surface area contributed by atoms with Crippen LogP contribution < -0.4 is 16.0 Å². The van der Waals surface area contributed by atoms with Crippen LogP contribution in [0.4, 0.5) is 0 Å². The zero-order valence-electron chi connectivity index (χ0n) is 19.8. The summed E-state index contributed by atoms with van der Waals surface area (Å²) in [5.41, 5.74) is 1.05. The van der Waals surface area contributed by atoms with Crippen LogP contribution in [-0.4, -0.2) is 35.0 Å². The Balaban J connectivity index is 1.01. The summed E-state index contributed by atoms with van der Waals surface area (Å²) in [6.07, 6.45) is 12.1. The molecule has 182 valence electrons. The second kappa shape index (κ2) is 10.7. The Kier molecular flexibility index (Phi) is 7.28. The molecule has 7 heteroatoms. The molecule has 2 aliphatic carbocycles. The number of carbonyl (C=O) groups is 2. The number of rotatable bonds is 7. The fourth-order valence-electron chi connectivity index (χ4n) is 5.84. The molecule has 2 amide bonds. The van der Waals surface area contributed by atoms with E-state index in [0.717, 1.165) is 75.0 Å². The summed E-state index contributed by atoms with van der Waals surface area (Å²) in [5, 5.41) is 9.92. The minimum absolute atomic E-state index is 0.00309. The predicted molar refractivity (Wildman–Crippen MR) is 130 cm³/mol. The van der Waals surface area contributed by atoms with E-state index in [1.807, 2.05) is 36.5 Å². The molecule has 2 heterocycles. The number of amides is 2. The van der Waals surface area contributed by atoms with Gasteiger partial charge in [-0.2, -0.15) is 0 Å². The van der Waals surface area contributed by atoms with Gasteiger partial charge in [0.15, 0.2) is 11.7 Å². The van der Waals surface area contributed by atoms with Gasteiger partial charge in [-0.25, -0.2) is 4.98 Å². The van der Waals surface area contributed by atoms with E-state index in [1.165, 1.54) is 6.42 Å². The number of nitrogens with one attached hydrogen (secondary N) is 3. The van der Waals surface area contributed by atoms with Crippen molar-refractivity contribution in [3.63, 3.8) is 0 Å². The number of carbonyl (C=O) groups excluding carboxylic acids is 2. The third-order valence-electron chi connectivity index (χ3n) is 7.75. The largest absolute Gasteiger partial charge is 0.440 e. The fraction of sp³-hybridized carbons (Fsp3) is 0.593. The summed E-state index contributed by atoms with van der Waals surface area (Å²) in [5.74, 6) is 2.37. The van der Waals surface area contributed by atoms with E-state index < -0.39 is 0 Å². The molecule has 5 rings (SSSR count). The van der Waals surface area contributed by atoms with Crippen LogP contribution in [0.3, 0.4) is 0 Å². The van der Waals surface area contributed by atoms with Gasteiger partial charge < -0.3 is 15.1 Å². The molecule has 0 bridgehead atoms. The van der Waals surface area contributed by atoms with Gasteiger partial charge in [0.05, 0.1) is 18.3 Å². The maximum absolute atomic E-state index is 12.5. The predicted octanol–water partition coefficient (Wildman–Crippen LogP) is 4.26. The first-order valence-electron chi connectivity index (χ1n) is 13.0.